The summed E-state index contributed by atoms with van der Waals surface area (Å²) in [6.45, 7) is 6.28. The molecule has 0 bridgehead atoms. The van der Waals surface area contributed by atoms with Crippen molar-refractivity contribution in [1.82, 2.24) is 15.1 Å². The molecular formula is C15H16ClN3O. The van der Waals surface area contributed by atoms with E-state index in [2.05, 4.69) is 17.0 Å². The Kier molecular flexibility index (Phi) is 4.58. The van der Waals surface area contributed by atoms with E-state index in [1.165, 1.54) is 0 Å². The number of halogens is 1. The normalized spacial score (nSPS) is 10.3. The van der Waals surface area contributed by atoms with Gasteiger partial charge in [-0.25, -0.2) is 4.68 Å². The van der Waals surface area contributed by atoms with E-state index < -0.39 is 0 Å². The van der Waals surface area contributed by atoms with Crippen LogP contribution >= 0.6 is 11.6 Å². The van der Waals surface area contributed by atoms with Gasteiger partial charge < -0.3 is 5.32 Å². The molecule has 0 aliphatic carbocycles. The van der Waals surface area contributed by atoms with E-state index in [0.29, 0.717) is 29.5 Å². The lowest BCUT2D eigenvalue weighted by atomic mass is 10.2. The van der Waals surface area contributed by atoms with Crippen LogP contribution in [-0.2, 0) is 6.54 Å². The Balaban J connectivity index is 2.24. The number of benzene rings is 1. The molecule has 1 aromatic carbocycles. The van der Waals surface area contributed by atoms with E-state index >= 15 is 0 Å². The topological polar surface area (TPSA) is 46.9 Å². The second-order valence-electron chi connectivity index (χ2n) is 4.39. The van der Waals surface area contributed by atoms with Gasteiger partial charge in [0.1, 0.15) is 5.15 Å². The van der Waals surface area contributed by atoms with Crippen molar-refractivity contribution in [2.24, 2.45) is 0 Å². The number of nitrogens with zero attached hydrogens (tertiary/aromatic N) is 2. The molecule has 1 aromatic heterocycles. The summed E-state index contributed by atoms with van der Waals surface area (Å²) in [4.78, 5) is 12.0. The molecular weight excluding hydrogens is 274 g/mol. The zero-order valence-electron chi connectivity index (χ0n) is 11.3. The molecule has 0 aliphatic rings. The van der Waals surface area contributed by atoms with Crippen molar-refractivity contribution in [1.29, 1.82) is 0 Å². The lowest BCUT2D eigenvalue weighted by Crippen LogP contribution is -2.23. The summed E-state index contributed by atoms with van der Waals surface area (Å²) in [6.07, 6.45) is 1.62. The van der Waals surface area contributed by atoms with Crippen LogP contribution < -0.4 is 5.32 Å². The molecule has 0 fully saturated rings. The lowest BCUT2D eigenvalue weighted by Gasteiger charge is -2.04. The molecule has 0 saturated carbocycles. The molecule has 0 atom stereocenters. The largest absolute Gasteiger partial charge is 0.348 e. The van der Waals surface area contributed by atoms with E-state index in [1.807, 2.05) is 30.3 Å². The predicted octanol–water partition coefficient (Wildman–Crippen LogP) is 2.81. The molecule has 0 unspecified atom stereocenters. The van der Waals surface area contributed by atoms with Crippen molar-refractivity contribution in [2.45, 2.75) is 13.5 Å². The highest BCUT2D eigenvalue weighted by Crippen LogP contribution is 2.20. The molecule has 1 heterocycles. The van der Waals surface area contributed by atoms with Crippen molar-refractivity contribution in [2.75, 3.05) is 6.54 Å². The van der Waals surface area contributed by atoms with Gasteiger partial charge >= 0.3 is 0 Å². The molecule has 0 aliphatic heterocycles. The van der Waals surface area contributed by atoms with Gasteiger partial charge in [-0.15, -0.1) is 6.58 Å². The molecule has 4 nitrogen and oxygen atoms in total. The van der Waals surface area contributed by atoms with E-state index in [9.17, 15) is 4.79 Å². The third-order valence-electron chi connectivity index (χ3n) is 2.87. The standard InChI is InChI=1S/C15H16ClN3O/c1-3-9-17-15(20)13-11(2)18-19(14(13)16)10-12-7-5-4-6-8-12/h3-8H,1,9-10H2,2H3,(H,17,20). The fraction of sp³-hybridized carbons (Fsp3) is 0.200. The van der Waals surface area contributed by atoms with Gasteiger partial charge in [-0.1, -0.05) is 48.0 Å². The second-order valence-corrected chi connectivity index (χ2v) is 4.75. The van der Waals surface area contributed by atoms with Gasteiger partial charge in [0, 0.05) is 6.54 Å². The van der Waals surface area contributed by atoms with E-state index in [4.69, 9.17) is 11.6 Å². The number of hydrogen-bond donors (Lipinski definition) is 1. The molecule has 1 amide bonds. The Morgan fingerprint density at radius 2 is 2.15 bits per heavy atom. The quantitative estimate of drug-likeness (QED) is 0.861. The van der Waals surface area contributed by atoms with Crippen LogP contribution in [0.5, 0.6) is 0 Å². The SMILES string of the molecule is C=CCNC(=O)c1c(C)nn(Cc2ccccc2)c1Cl. The summed E-state index contributed by atoms with van der Waals surface area (Å²) in [5.74, 6) is -0.230. The molecule has 104 valence electrons. The number of rotatable bonds is 5. The van der Waals surface area contributed by atoms with E-state index in [1.54, 1.807) is 17.7 Å². The van der Waals surface area contributed by atoms with Gasteiger partial charge in [-0.2, -0.15) is 5.10 Å². The van der Waals surface area contributed by atoms with Crippen molar-refractivity contribution in [3.05, 3.63) is 65.0 Å². The van der Waals surface area contributed by atoms with Crippen LogP contribution in [0, 0.1) is 6.92 Å². The van der Waals surface area contributed by atoms with Gasteiger partial charge in [0.05, 0.1) is 17.8 Å². The lowest BCUT2D eigenvalue weighted by molar-refractivity contribution is 0.0957. The van der Waals surface area contributed by atoms with Gasteiger partial charge in [0.25, 0.3) is 5.91 Å². The summed E-state index contributed by atoms with van der Waals surface area (Å²) in [5, 5.41) is 7.40. The van der Waals surface area contributed by atoms with Crippen molar-refractivity contribution < 1.29 is 4.79 Å². The molecule has 2 aromatic rings. The highest BCUT2D eigenvalue weighted by Gasteiger charge is 2.19. The maximum absolute atomic E-state index is 12.0. The van der Waals surface area contributed by atoms with Crippen molar-refractivity contribution >= 4 is 17.5 Å². The number of carbonyl (C=O) groups excluding carboxylic acids is 1. The van der Waals surface area contributed by atoms with Crippen LogP contribution in [0.25, 0.3) is 0 Å². The average Bonchev–Trinajstić information content (AvgIpc) is 2.72. The zero-order chi connectivity index (χ0) is 14.5. The van der Waals surface area contributed by atoms with Crippen molar-refractivity contribution in [3.8, 4) is 0 Å². The minimum Gasteiger partial charge on any atom is -0.348 e. The average molecular weight is 290 g/mol. The summed E-state index contributed by atoms with van der Waals surface area (Å²) in [5.41, 5.74) is 2.12. The van der Waals surface area contributed by atoms with Gasteiger partial charge in [0.15, 0.2) is 0 Å². The Labute approximate surface area is 123 Å². The first kappa shape index (κ1) is 14.3. The minimum absolute atomic E-state index is 0.230. The molecule has 0 saturated heterocycles. The van der Waals surface area contributed by atoms with Gasteiger partial charge in [-0.3, -0.25) is 4.79 Å². The third-order valence-corrected chi connectivity index (χ3v) is 3.26. The molecule has 2 rings (SSSR count). The van der Waals surface area contributed by atoms with Crippen LogP contribution in [-0.4, -0.2) is 22.2 Å². The van der Waals surface area contributed by atoms with Crippen LogP contribution in [0.3, 0.4) is 0 Å². The van der Waals surface area contributed by atoms with Crippen LogP contribution in [0.4, 0.5) is 0 Å². The number of carbonyl (C=O) groups is 1. The van der Waals surface area contributed by atoms with Gasteiger partial charge in [-0.05, 0) is 12.5 Å². The summed E-state index contributed by atoms with van der Waals surface area (Å²) in [6, 6.07) is 9.85. The monoisotopic (exact) mass is 289 g/mol. The Bertz CT molecular complexity index is 620. The van der Waals surface area contributed by atoms with Gasteiger partial charge in [0.2, 0.25) is 0 Å². The highest BCUT2D eigenvalue weighted by atomic mass is 35.5. The van der Waals surface area contributed by atoms with E-state index in [-0.39, 0.29) is 5.91 Å². The summed E-state index contributed by atoms with van der Waals surface area (Å²) < 4.78 is 1.63. The first-order valence-electron chi connectivity index (χ1n) is 6.29. The molecule has 1 N–H and O–H groups in total. The number of aryl methyl sites for hydroxylation is 1. The number of nitrogens with one attached hydrogen (secondary N) is 1. The highest BCUT2D eigenvalue weighted by molar-refractivity contribution is 6.33. The molecule has 0 radical (unpaired) electrons. The van der Waals surface area contributed by atoms with E-state index in [0.717, 1.165) is 5.56 Å². The maximum Gasteiger partial charge on any atom is 0.256 e. The summed E-state index contributed by atoms with van der Waals surface area (Å²) in [7, 11) is 0. The van der Waals surface area contributed by atoms with Crippen LogP contribution in [0.1, 0.15) is 21.6 Å². The Morgan fingerprint density at radius 3 is 2.80 bits per heavy atom. The Morgan fingerprint density at radius 1 is 1.45 bits per heavy atom. The fourth-order valence-electron chi connectivity index (χ4n) is 1.93. The zero-order valence-corrected chi connectivity index (χ0v) is 12.0. The molecule has 5 heteroatoms. The maximum atomic E-state index is 12.0. The third kappa shape index (κ3) is 3.08. The van der Waals surface area contributed by atoms with Crippen LogP contribution in [0.2, 0.25) is 5.15 Å². The number of aromatic nitrogens is 2. The van der Waals surface area contributed by atoms with Crippen LogP contribution in [0.15, 0.2) is 43.0 Å². The Hall–Kier alpha value is -2.07. The fourth-order valence-corrected chi connectivity index (χ4v) is 2.25. The molecule has 0 spiro atoms. The second kappa shape index (κ2) is 6.39. The first-order valence-corrected chi connectivity index (χ1v) is 6.67. The minimum atomic E-state index is -0.230. The molecule has 20 heavy (non-hydrogen) atoms. The van der Waals surface area contributed by atoms with Crippen molar-refractivity contribution in [3.63, 3.8) is 0 Å². The first-order chi connectivity index (χ1) is 9.63. The summed E-state index contributed by atoms with van der Waals surface area (Å²) >= 11 is 6.27. The predicted molar refractivity (Wildman–Crippen MR) is 80.0 cm³/mol. The smallest absolute Gasteiger partial charge is 0.256 e. The number of amides is 1. The number of hydrogen-bond acceptors (Lipinski definition) is 2.